The summed E-state index contributed by atoms with van der Waals surface area (Å²) in [6.07, 6.45) is 2.82. The predicted octanol–water partition coefficient (Wildman–Crippen LogP) is 1.41. The molecule has 1 heterocycles. The van der Waals surface area contributed by atoms with Crippen LogP contribution in [-0.4, -0.2) is 34.2 Å². The van der Waals surface area contributed by atoms with Gasteiger partial charge in [0.15, 0.2) is 11.5 Å². The number of nitrogens with zero attached hydrogens (tertiary/aromatic N) is 1. The van der Waals surface area contributed by atoms with Crippen molar-refractivity contribution in [3.8, 4) is 0 Å². The molecule has 6 heteroatoms. The first-order valence-corrected chi connectivity index (χ1v) is 8.25. The highest BCUT2D eigenvalue weighted by atomic mass is 16.4. The highest BCUT2D eigenvalue weighted by Crippen LogP contribution is 2.37. The maximum absolute atomic E-state index is 12.7. The van der Waals surface area contributed by atoms with Gasteiger partial charge in [-0.1, -0.05) is 66.7 Å². The van der Waals surface area contributed by atoms with Gasteiger partial charge in [-0.05, 0) is 17.2 Å². The average molecular weight is 362 g/mol. The molecule has 0 saturated heterocycles. The van der Waals surface area contributed by atoms with Crippen LogP contribution < -0.4 is 5.11 Å². The number of benzene rings is 2. The summed E-state index contributed by atoms with van der Waals surface area (Å²) >= 11 is 0. The first kappa shape index (κ1) is 18.1. The Hall–Kier alpha value is -3.67. The fourth-order valence-corrected chi connectivity index (χ4v) is 3.02. The Kier molecular flexibility index (Phi) is 5.17. The number of hydrogen-bond donors (Lipinski definition) is 1. The molecule has 1 amide bonds. The second kappa shape index (κ2) is 7.70. The molecule has 0 saturated carbocycles. The Bertz CT molecular complexity index is 932. The van der Waals surface area contributed by atoms with Crippen molar-refractivity contribution in [3.63, 3.8) is 0 Å². The first-order valence-electron chi connectivity index (χ1n) is 8.25. The van der Waals surface area contributed by atoms with Crippen molar-refractivity contribution >= 4 is 23.7 Å². The molecule has 1 aliphatic rings. The van der Waals surface area contributed by atoms with Gasteiger partial charge in [0.2, 0.25) is 0 Å². The number of ketones is 1. The zero-order valence-corrected chi connectivity index (χ0v) is 14.2. The minimum Gasteiger partial charge on any atom is -0.548 e. The number of amides is 1. The van der Waals surface area contributed by atoms with Crippen LogP contribution in [0.15, 0.2) is 78.1 Å². The van der Waals surface area contributed by atoms with E-state index in [9.17, 15) is 24.6 Å². The topological polar surface area (TPSA) is 97.7 Å². The smallest absolute Gasteiger partial charge is 0.290 e. The summed E-state index contributed by atoms with van der Waals surface area (Å²) in [5, 5.41) is 21.3. The van der Waals surface area contributed by atoms with Crippen molar-refractivity contribution < 1.29 is 24.6 Å². The Morgan fingerprint density at radius 1 is 1.04 bits per heavy atom. The van der Waals surface area contributed by atoms with Crippen LogP contribution in [0.1, 0.15) is 17.2 Å². The zero-order valence-electron chi connectivity index (χ0n) is 14.2. The third-order valence-electron chi connectivity index (χ3n) is 4.21. The lowest BCUT2D eigenvalue weighted by molar-refractivity contribution is -0.306. The number of allylic oxidation sites excluding steroid dienone is 1. The number of aliphatic carboxylic acids is 1. The summed E-state index contributed by atoms with van der Waals surface area (Å²) in [6.45, 7) is -0.734. The van der Waals surface area contributed by atoms with Crippen LogP contribution in [0.25, 0.3) is 6.08 Å². The van der Waals surface area contributed by atoms with Gasteiger partial charge in [-0.2, -0.15) is 0 Å². The number of carbonyl (C=O) groups is 3. The van der Waals surface area contributed by atoms with Crippen LogP contribution in [0.4, 0.5) is 0 Å². The van der Waals surface area contributed by atoms with Crippen molar-refractivity contribution in [1.82, 2.24) is 4.90 Å². The Morgan fingerprint density at radius 3 is 2.22 bits per heavy atom. The lowest BCUT2D eigenvalue weighted by atomic mass is 9.95. The Labute approximate surface area is 155 Å². The van der Waals surface area contributed by atoms with E-state index in [2.05, 4.69) is 0 Å². The van der Waals surface area contributed by atoms with Crippen molar-refractivity contribution in [2.75, 3.05) is 6.54 Å². The Morgan fingerprint density at radius 2 is 1.63 bits per heavy atom. The summed E-state index contributed by atoms with van der Waals surface area (Å²) in [5.74, 6) is -3.71. The number of carboxylic acids is 1. The molecule has 0 bridgehead atoms. The summed E-state index contributed by atoms with van der Waals surface area (Å²) < 4.78 is 0. The van der Waals surface area contributed by atoms with Crippen LogP contribution >= 0.6 is 0 Å². The molecule has 27 heavy (non-hydrogen) atoms. The first-order chi connectivity index (χ1) is 13.0. The lowest BCUT2D eigenvalue weighted by Gasteiger charge is -2.26. The molecule has 0 radical (unpaired) electrons. The summed E-state index contributed by atoms with van der Waals surface area (Å²) in [7, 11) is 0. The number of rotatable bonds is 6. The van der Waals surface area contributed by atoms with Crippen LogP contribution in [0.3, 0.4) is 0 Å². The number of carboxylic acid groups (broad SMARTS) is 1. The van der Waals surface area contributed by atoms with E-state index in [4.69, 9.17) is 0 Å². The minimum atomic E-state index is -1.48. The van der Waals surface area contributed by atoms with Crippen LogP contribution in [-0.2, 0) is 14.4 Å². The van der Waals surface area contributed by atoms with Crippen molar-refractivity contribution in [2.24, 2.45) is 0 Å². The molecule has 2 aromatic rings. The van der Waals surface area contributed by atoms with Gasteiger partial charge in [0.1, 0.15) is 0 Å². The van der Waals surface area contributed by atoms with E-state index in [1.165, 1.54) is 6.08 Å². The molecule has 136 valence electrons. The normalized spacial score (nSPS) is 17.0. The van der Waals surface area contributed by atoms with Crippen LogP contribution in [0.5, 0.6) is 0 Å². The van der Waals surface area contributed by atoms with E-state index < -0.39 is 36.0 Å². The third-order valence-corrected chi connectivity index (χ3v) is 4.21. The Balaban J connectivity index is 1.99. The van der Waals surface area contributed by atoms with Gasteiger partial charge in [-0.3, -0.25) is 9.59 Å². The zero-order chi connectivity index (χ0) is 19.4. The van der Waals surface area contributed by atoms with E-state index in [0.717, 1.165) is 10.5 Å². The van der Waals surface area contributed by atoms with Crippen LogP contribution in [0.2, 0.25) is 0 Å². The molecule has 0 aromatic heterocycles. The van der Waals surface area contributed by atoms with E-state index in [1.807, 2.05) is 18.2 Å². The predicted molar refractivity (Wildman–Crippen MR) is 96.0 cm³/mol. The molecule has 1 atom stereocenters. The molecular formula is C21H16NO5-. The van der Waals surface area contributed by atoms with Gasteiger partial charge < -0.3 is 19.9 Å². The van der Waals surface area contributed by atoms with Gasteiger partial charge in [0.25, 0.3) is 5.91 Å². The van der Waals surface area contributed by atoms with E-state index in [-0.39, 0.29) is 5.57 Å². The lowest BCUT2D eigenvalue weighted by Crippen LogP contribution is -2.41. The largest absolute Gasteiger partial charge is 0.548 e. The molecule has 0 aliphatic carbocycles. The third kappa shape index (κ3) is 3.79. The summed E-state index contributed by atoms with van der Waals surface area (Å²) in [6, 6.07) is 16.6. The van der Waals surface area contributed by atoms with Crippen molar-refractivity contribution in [3.05, 3.63) is 89.2 Å². The second-order valence-corrected chi connectivity index (χ2v) is 5.99. The summed E-state index contributed by atoms with van der Waals surface area (Å²) in [5.41, 5.74) is 1.14. The highest BCUT2D eigenvalue weighted by molar-refractivity contribution is 6.14. The minimum absolute atomic E-state index is 0.153. The van der Waals surface area contributed by atoms with Gasteiger partial charge in [0, 0.05) is 0 Å². The number of carbonyl (C=O) groups excluding carboxylic acids is 3. The van der Waals surface area contributed by atoms with Crippen molar-refractivity contribution in [2.45, 2.75) is 6.04 Å². The van der Waals surface area contributed by atoms with Gasteiger partial charge in [-0.25, -0.2) is 0 Å². The van der Waals surface area contributed by atoms with Gasteiger partial charge >= 0.3 is 0 Å². The molecule has 6 nitrogen and oxygen atoms in total. The monoisotopic (exact) mass is 362 g/mol. The molecule has 0 fully saturated rings. The fourth-order valence-electron chi connectivity index (χ4n) is 3.02. The highest BCUT2D eigenvalue weighted by Gasteiger charge is 2.42. The molecule has 1 N–H and O–H groups in total. The van der Waals surface area contributed by atoms with E-state index >= 15 is 0 Å². The fraction of sp³-hybridized carbons (Fsp3) is 0.0952. The maximum Gasteiger partial charge on any atom is 0.290 e. The molecule has 2 aromatic carbocycles. The average Bonchev–Trinajstić information content (AvgIpc) is 2.92. The van der Waals surface area contributed by atoms with E-state index in [0.29, 0.717) is 5.56 Å². The number of hydrogen-bond acceptors (Lipinski definition) is 5. The summed E-state index contributed by atoms with van der Waals surface area (Å²) in [4.78, 5) is 37.1. The van der Waals surface area contributed by atoms with Crippen LogP contribution in [0, 0.1) is 0 Å². The quantitative estimate of drug-likeness (QED) is 0.784. The number of aliphatic hydroxyl groups excluding tert-OH is 1. The standard InChI is InChI=1S/C21H17NO5/c23-16(12-11-14-7-3-1-4-8-14)18-19(15-9-5-2-6-10-15)22(13-17(24)25)21(27)20(18)26/h1-12,19,26H,13H2,(H,24,25)/p-1/b12-11-/t19-/m0/s1. The second-order valence-electron chi connectivity index (χ2n) is 5.99. The molecule has 0 spiro atoms. The van der Waals surface area contributed by atoms with Crippen molar-refractivity contribution in [1.29, 1.82) is 0 Å². The SMILES string of the molecule is O=C([O-])CN1C(=O)C(O)=C(C(=O)/C=C\c2ccccc2)[C@@H]1c1ccccc1. The molecule has 0 unspecified atom stereocenters. The molecular weight excluding hydrogens is 346 g/mol. The van der Waals surface area contributed by atoms with Gasteiger partial charge in [-0.15, -0.1) is 0 Å². The molecule has 3 rings (SSSR count). The maximum atomic E-state index is 12.7. The van der Waals surface area contributed by atoms with E-state index in [1.54, 1.807) is 48.5 Å². The van der Waals surface area contributed by atoms with Gasteiger partial charge in [0.05, 0.1) is 24.1 Å². The number of aliphatic hydroxyl groups is 1. The molecule has 1 aliphatic heterocycles.